The zero-order chi connectivity index (χ0) is 34.4. The summed E-state index contributed by atoms with van der Waals surface area (Å²) in [5, 5.41) is 12.6. The minimum atomic E-state index is -3.72. The van der Waals surface area contributed by atoms with Gasteiger partial charge in [-0.25, -0.2) is 13.2 Å². The fourth-order valence-corrected chi connectivity index (χ4v) is 9.39. The predicted octanol–water partition coefficient (Wildman–Crippen LogP) is 4.84. The number of hydrogen-bond acceptors (Lipinski definition) is 11. The van der Waals surface area contributed by atoms with Gasteiger partial charge < -0.3 is 19.7 Å². The number of carbonyl (C=O) groups is 3. The second-order valence-corrected chi connectivity index (χ2v) is 15.8. The van der Waals surface area contributed by atoms with E-state index in [0.717, 1.165) is 49.9 Å². The first-order chi connectivity index (χ1) is 23.0. The molecule has 0 unspecified atom stereocenters. The summed E-state index contributed by atoms with van der Waals surface area (Å²) >= 11 is 2.26. The molecule has 1 aliphatic carbocycles. The van der Waals surface area contributed by atoms with E-state index in [1.54, 1.807) is 46.1 Å². The fourth-order valence-electron chi connectivity index (χ4n) is 5.90. The lowest BCUT2D eigenvalue weighted by molar-refractivity contribution is -0.113. The molecule has 0 spiro atoms. The number of anilines is 1. The molecule has 1 aromatic carbocycles. The molecular formula is C32H42N6O7S3. The third-order valence-corrected chi connectivity index (χ3v) is 12.4. The number of thioether (sulfide) groups is 1. The number of nitrogens with zero attached hydrogens (tertiary/aromatic N) is 5. The highest BCUT2D eigenvalue weighted by atomic mass is 32.2. The van der Waals surface area contributed by atoms with E-state index in [9.17, 15) is 22.8 Å². The summed E-state index contributed by atoms with van der Waals surface area (Å²) in [5.74, 6) is -0.751. The monoisotopic (exact) mass is 718 g/mol. The topological polar surface area (TPSA) is 153 Å². The average Bonchev–Trinajstić information content (AvgIpc) is 3.52. The Morgan fingerprint density at radius 3 is 2.48 bits per heavy atom. The average molecular weight is 719 g/mol. The zero-order valence-corrected chi connectivity index (χ0v) is 30.1. The highest BCUT2D eigenvalue weighted by Gasteiger charge is 2.30. The van der Waals surface area contributed by atoms with E-state index >= 15 is 0 Å². The largest absolute Gasteiger partial charge is 0.462 e. The summed E-state index contributed by atoms with van der Waals surface area (Å²) in [7, 11) is -0.477. The van der Waals surface area contributed by atoms with Gasteiger partial charge in [-0.3, -0.25) is 14.2 Å². The molecule has 1 saturated heterocycles. The Morgan fingerprint density at radius 1 is 1.10 bits per heavy atom. The Balaban J connectivity index is 1.42. The molecule has 48 heavy (non-hydrogen) atoms. The Hall–Kier alpha value is -3.31. The lowest BCUT2D eigenvalue weighted by atomic mass is 10.1. The normalized spacial score (nSPS) is 16.3. The zero-order valence-electron chi connectivity index (χ0n) is 27.7. The molecule has 1 aliphatic heterocycles. The van der Waals surface area contributed by atoms with Gasteiger partial charge in [-0.2, -0.15) is 4.31 Å². The quantitative estimate of drug-likeness (QED) is 0.166. The minimum absolute atomic E-state index is 0.0352. The maximum atomic E-state index is 13.5. The van der Waals surface area contributed by atoms with Gasteiger partial charge in [0.15, 0.2) is 11.0 Å². The summed E-state index contributed by atoms with van der Waals surface area (Å²) in [6, 6.07) is 6.87. The molecule has 1 saturated carbocycles. The number of esters is 1. The van der Waals surface area contributed by atoms with Crippen molar-refractivity contribution in [3.63, 3.8) is 0 Å². The highest BCUT2D eigenvalue weighted by molar-refractivity contribution is 7.99. The van der Waals surface area contributed by atoms with Gasteiger partial charge in [-0.05, 0) is 44.4 Å². The van der Waals surface area contributed by atoms with E-state index < -0.39 is 16.0 Å². The van der Waals surface area contributed by atoms with Gasteiger partial charge in [-0.1, -0.05) is 49.6 Å². The SMILES string of the molecule is CCOC(=O)c1c(NC(=O)CSc2nnc(-c3cccc(S(=O)(=O)N4CCOCC4)c3)n2C2CCCCCC2)sc(C(=O)N(C)C)c1C. The number of amides is 2. The van der Waals surface area contributed by atoms with Crippen LogP contribution in [0, 0.1) is 6.92 Å². The standard InChI is InChI=1S/C32H42N6O7S3/c1-5-45-31(41)26-21(2)27(30(40)36(3)4)47-29(26)33-25(39)20-46-32-35-34-28(38(32)23-12-8-6-7-9-13-23)22-11-10-14-24(19-22)48(42,43)37-15-17-44-18-16-37/h10-11,14,19,23H,5-9,12-13,15-18,20H2,1-4H3,(H,33,39). The van der Waals surface area contributed by atoms with Crippen molar-refractivity contribution in [3.05, 3.63) is 40.3 Å². The van der Waals surface area contributed by atoms with Crippen molar-refractivity contribution in [1.82, 2.24) is 24.0 Å². The molecule has 260 valence electrons. The van der Waals surface area contributed by atoms with Crippen LogP contribution in [0.1, 0.15) is 77.1 Å². The van der Waals surface area contributed by atoms with Crippen LogP contribution in [0.15, 0.2) is 34.3 Å². The van der Waals surface area contributed by atoms with Gasteiger partial charge >= 0.3 is 5.97 Å². The summed E-state index contributed by atoms with van der Waals surface area (Å²) in [6.45, 7) is 4.82. The van der Waals surface area contributed by atoms with E-state index in [4.69, 9.17) is 9.47 Å². The molecule has 2 fully saturated rings. The first kappa shape index (κ1) is 36.0. The molecule has 0 atom stereocenters. The fraction of sp³-hybridized carbons (Fsp3) is 0.531. The van der Waals surface area contributed by atoms with Crippen molar-refractivity contribution < 1.29 is 32.3 Å². The van der Waals surface area contributed by atoms with E-state index in [1.807, 2.05) is 6.07 Å². The van der Waals surface area contributed by atoms with Crippen LogP contribution in [0.25, 0.3) is 11.4 Å². The molecule has 2 aliphatic rings. The van der Waals surface area contributed by atoms with Crippen molar-refractivity contribution in [2.75, 3.05) is 58.1 Å². The number of rotatable bonds is 11. The Kier molecular flexibility index (Phi) is 11.9. The number of morpholine rings is 1. The second kappa shape index (κ2) is 15.9. The Labute approximate surface area is 289 Å². The molecule has 2 aromatic heterocycles. The number of carbonyl (C=O) groups excluding carboxylic acids is 3. The van der Waals surface area contributed by atoms with Crippen LogP contribution in [0.5, 0.6) is 0 Å². The molecule has 0 radical (unpaired) electrons. The van der Waals surface area contributed by atoms with Gasteiger partial charge in [0.25, 0.3) is 5.91 Å². The van der Waals surface area contributed by atoms with Gasteiger partial charge in [0.05, 0.1) is 40.9 Å². The van der Waals surface area contributed by atoms with Gasteiger partial charge in [-0.15, -0.1) is 21.5 Å². The minimum Gasteiger partial charge on any atom is -0.462 e. The van der Waals surface area contributed by atoms with E-state index in [1.165, 1.54) is 21.0 Å². The van der Waals surface area contributed by atoms with Crippen molar-refractivity contribution in [1.29, 1.82) is 0 Å². The molecule has 16 heteroatoms. The first-order valence-electron chi connectivity index (χ1n) is 16.1. The molecule has 2 amide bonds. The summed E-state index contributed by atoms with van der Waals surface area (Å²) < 4.78 is 41.0. The number of thiophene rings is 1. The molecule has 0 bridgehead atoms. The number of hydrogen-bond donors (Lipinski definition) is 1. The third kappa shape index (κ3) is 7.94. The van der Waals surface area contributed by atoms with Crippen LogP contribution >= 0.6 is 23.1 Å². The maximum Gasteiger partial charge on any atom is 0.341 e. The number of nitrogens with one attached hydrogen (secondary N) is 1. The maximum absolute atomic E-state index is 13.5. The van der Waals surface area contributed by atoms with Gasteiger partial charge in [0.1, 0.15) is 5.00 Å². The van der Waals surface area contributed by atoms with Crippen molar-refractivity contribution >= 4 is 55.9 Å². The molecule has 1 N–H and O–H groups in total. The summed E-state index contributed by atoms with van der Waals surface area (Å²) in [4.78, 5) is 41.0. The molecule has 13 nitrogen and oxygen atoms in total. The second-order valence-electron chi connectivity index (χ2n) is 11.9. The van der Waals surface area contributed by atoms with Crippen LogP contribution in [0.2, 0.25) is 0 Å². The van der Waals surface area contributed by atoms with Crippen LogP contribution in [0.3, 0.4) is 0 Å². The van der Waals surface area contributed by atoms with Gasteiger partial charge in [0.2, 0.25) is 15.9 Å². The van der Waals surface area contributed by atoms with Crippen LogP contribution in [0.4, 0.5) is 5.00 Å². The van der Waals surface area contributed by atoms with Crippen LogP contribution in [-0.4, -0.2) is 103 Å². The van der Waals surface area contributed by atoms with Crippen LogP contribution in [-0.2, 0) is 24.3 Å². The Bertz CT molecular complexity index is 1740. The number of ether oxygens (including phenoxy) is 2. The number of sulfonamides is 1. The summed E-state index contributed by atoms with van der Waals surface area (Å²) in [6.07, 6.45) is 6.18. The third-order valence-electron chi connectivity index (χ3n) is 8.37. The molecular weight excluding hydrogens is 677 g/mol. The van der Waals surface area contributed by atoms with Crippen molar-refractivity contribution in [3.8, 4) is 11.4 Å². The highest BCUT2D eigenvalue weighted by Crippen LogP contribution is 2.37. The molecule has 5 rings (SSSR count). The van der Waals surface area contributed by atoms with E-state index in [0.29, 0.717) is 53.3 Å². The van der Waals surface area contributed by atoms with E-state index in [2.05, 4.69) is 20.1 Å². The molecule has 3 aromatic rings. The van der Waals surface area contributed by atoms with Crippen molar-refractivity contribution in [2.24, 2.45) is 0 Å². The van der Waals surface area contributed by atoms with Crippen LogP contribution < -0.4 is 5.32 Å². The smallest absolute Gasteiger partial charge is 0.341 e. The van der Waals surface area contributed by atoms with Gasteiger partial charge in [0, 0.05) is 38.8 Å². The van der Waals surface area contributed by atoms with Crippen molar-refractivity contribution in [2.45, 2.75) is 68.5 Å². The van der Waals surface area contributed by atoms with E-state index in [-0.39, 0.29) is 45.7 Å². The predicted molar refractivity (Wildman–Crippen MR) is 184 cm³/mol. The number of aromatic nitrogens is 3. The first-order valence-corrected chi connectivity index (χ1v) is 19.3. The number of benzene rings is 1. The molecule has 3 heterocycles. The summed E-state index contributed by atoms with van der Waals surface area (Å²) in [5.41, 5.74) is 1.25. The Morgan fingerprint density at radius 2 is 1.81 bits per heavy atom. The lowest BCUT2D eigenvalue weighted by Gasteiger charge is -2.26. The lowest BCUT2D eigenvalue weighted by Crippen LogP contribution is -2.40.